The predicted molar refractivity (Wildman–Crippen MR) is 79.0 cm³/mol. The first-order valence-electron chi connectivity index (χ1n) is 6.94. The van der Waals surface area contributed by atoms with Gasteiger partial charge in [-0.15, -0.1) is 0 Å². The molecule has 0 heterocycles. The Morgan fingerprint density at radius 3 is 2.11 bits per heavy atom. The lowest BCUT2D eigenvalue weighted by atomic mass is 10.1. The van der Waals surface area contributed by atoms with Crippen molar-refractivity contribution in [1.29, 1.82) is 0 Å². The fourth-order valence-electron chi connectivity index (χ4n) is 2.07. The molecule has 4 heteroatoms. The summed E-state index contributed by atoms with van der Waals surface area (Å²) in [6, 6.07) is 7.86. The number of aryl methyl sites for hydroxylation is 1. The van der Waals surface area contributed by atoms with Gasteiger partial charge in [0.05, 0.1) is 0 Å². The van der Waals surface area contributed by atoms with E-state index in [1.165, 1.54) is 30.5 Å². The van der Waals surface area contributed by atoms with Gasteiger partial charge in [0.25, 0.3) is 0 Å². The van der Waals surface area contributed by atoms with Crippen molar-refractivity contribution in [2.45, 2.75) is 44.7 Å². The molecule has 0 fully saturated rings. The fraction of sp³-hybridized carbons (Fsp3) is 0.600. The molecule has 0 bridgehead atoms. The molecule has 108 valence electrons. The average Bonchev–Trinajstić information content (AvgIpc) is 2.44. The van der Waals surface area contributed by atoms with Crippen LogP contribution in [0.5, 0.6) is 0 Å². The lowest BCUT2D eigenvalue weighted by Crippen LogP contribution is -2.35. The highest BCUT2D eigenvalue weighted by Crippen LogP contribution is 2.17. The molecule has 2 nitrogen and oxygen atoms in total. The smallest absolute Gasteiger partial charge is 0.334 e. The fourth-order valence-corrected chi connectivity index (χ4v) is 3.53. The van der Waals surface area contributed by atoms with Gasteiger partial charge in [-0.25, -0.2) is 4.39 Å². The minimum absolute atomic E-state index is 0.160. The monoisotopic (exact) mass is 284 g/mol. The summed E-state index contributed by atoms with van der Waals surface area (Å²) in [6.07, 6.45) is 5.76. The van der Waals surface area contributed by atoms with Gasteiger partial charge in [-0.05, 0) is 43.1 Å². The van der Waals surface area contributed by atoms with Crippen molar-refractivity contribution < 1.29 is 13.2 Å². The third kappa shape index (κ3) is 6.32. The molecule has 0 saturated carbocycles. The van der Waals surface area contributed by atoms with E-state index >= 15 is 0 Å². The van der Waals surface area contributed by atoms with Crippen molar-refractivity contribution in [2.24, 2.45) is 0 Å². The second kappa shape index (κ2) is 8.46. The number of hydrogen-bond donors (Lipinski definition) is 0. The van der Waals surface area contributed by atoms with Crippen LogP contribution in [0, 0.1) is 5.82 Å². The van der Waals surface area contributed by atoms with Crippen molar-refractivity contribution in [3.8, 4) is 0 Å². The highest BCUT2D eigenvalue weighted by Gasteiger charge is 2.27. The zero-order chi connectivity index (χ0) is 14.1. The largest absolute Gasteiger partial charge is 0.398 e. The summed E-state index contributed by atoms with van der Waals surface area (Å²) in [6.45, 7) is 2.10. The average molecular weight is 284 g/mol. The molecular weight excluding hydrogens is 259 g/mol. The second-order valence-corrected chi connectivity index (χ2v) is 8.67. The molecule has 0 aliphatic heterocycles. The van der Waals surface area contributed by atoms with Crippen LogP contribution in [0.15, 0.2) is 24.3 Å². The number of unbranched alkanes of at least 4 members (excludes halogenated alkanes) is 3. The standard InChI is InChI=1S/C15H25FO2Si/c1-17-19(3,18-2)13-7-5-4-6-8-14-9-11-15(16)12-10-14/h9-12H,4-8,13H2,1-3H3. The van der Waals surface area contributed by atoms with E-state index in [-0.39, 0.29) is 5.82 Å². The third-order valence-corrected chi connectivity index (χ3v) is 6.61. The first-order valence-corrected chi connectivity index (χ1v) is 9.47. The van der Waals surface area contributed by atoms with Crippen LogP contribution in [0.3, 0.4) is 0 Å². The maximum atomic E-state index is 12.7. The SMILES string of the molecule is CO[Si](C)(CCCCCCc1ccc(F)cc1)OC. The van der Waals surface area contributed by atoms with Crippen molar-refractivity contribution in [1.82, 2.24) is 0 Å². The lowest BCUT2D eigenvalue weighted by Gasteiger charge is -2.22. The van der Waals surface area contributed by atoms with Crippen LogP contribution >= 0.6 is 0 Å². The molecule has 0 spiro atoms. The van der Waals surface area contributed by atoms with Crippen LogP contribution in [0.2, 0.25) is 12.6 Å². The summed E-state index contributed by atoms with van der Waals surface area (Å²) >= 11 is 0. The van der Waals surface area contributed by atoms with E-state index in [0.717, 1.165) is 25.3 Å². The number of hydrogen-bond acceptors (Lipinski definition) is 2. The van der Waals surface area contributed by atoms with Gasteiger partial charge in [0, 0.05) is 14.2 Å². The summed E-state index contributed by atoms with van der Waals surface area (Å²) in [5.74, 6) is -0.160. The molecule has 0 saturated heterocycles. The van der Waals surface area contributed by atoms with Gasteiger partial charge in [0.1, 0.15) is 5.82 Å². The molecule has 0 atom stereocenters. The maximum absolute atomic E-state index is 12.7. The van der Waals surface area contributed by atoms with Gasteiger partial charge in [-0.3, -0.25) is 0 Å². The number of halogens is 1. The maximum Gasteiger partial charge on any atom is 0.334 e. The van der Waals surface area contributed by atoms with Gasteiger partial charge in [0.15, 0.2) is 0 Å². The Balaban J connectivity index is 2.10. The van der Waals surface area contributed by atoms with Crippen molar-refractivity contribution in [3.63, 3.8) is 0 Å². The van der Waals surface area contributed by atoms with E-state index in [4.69, 9.17) is 8.85 Å². The molecule has 1 rings (SSSR count). The van der Waals surface area contributed by atoms with Gasteiger partial charge < -0.3 is 8.85 Å². The van der Waals surface area contributed by atoms with Gasteiger partial charge in [-0.1, -0.05) is 31.4 Å². The van der Waals surface area contributed by atoms with Crippen LogP contribution < -0.4 is 0 Å². The normalized spacial score (nSPS) is 11.8. The highest BCUT2D eigenvalue weighted by molar-refractivity contribution is 6.65. The van der Waals surface area contributed by atoms with E-state index in [0.29, 0.717) is 0 Å². The highest BCUT2D eigenvalue weighted by atomic mass is 28.4. The molecule has 0 amide bonds. The zero-order valence-corrected chi connectivity index (χ0v) is 13.2. The Morgan fingerprint density at radius 2 is 1.53 bits per heavy atom. The van der Waals surface area contributed by atoms with Crippen LogP contribution in [0.4, 0.5) is 4.39 Å². The second-order valence-electron chi connectivity index (χ2n) is 5.08. The summed E-state index contributed by atoms with van der Waals surface area (Å²) in [5.41, 5.74) is 1.22. The molecule has 1 aromatic rings. The summed E-state index contributed by atoms with van der Waals surface area (Å²) < 4.78 is 23.6. The zero-order valence-electron chi connectivity index (χ0n) is 12.2. The Bertz CT molecular complexity index is 350. The van der Waals surface area contributed by atoms with E-state index < -0.39 is 8.56 Å². The van der Waals surface area contributed by atoms with Crippen LogP contribution in [-0.2, 0) is 15.3 Å². The molecule has 19 heavy (non-hydrogen) atoms. The summed E-state index contributed by atoms with van der Waals surface area (Å²) in [5, 5.41) is 0. The van der Waals surface area contributed by atoms with Crippen LogP contribution in [-0.4, -0.2) is 22.8 Å². The van der Waals surface area contributed by atoms with E-state index in [1.807, 2.05) is 12.1 Å². The van der Waals surface area contributed by atoms with Gasteiger partial charge in [0.2, 0.25) is 0 Å². The van der Waals surface area contributed by atoms with E-state index in [9.17, 15) is 4.39 Å². The number of rotatable bonds is 9. The minimum atomic E-state index is -1.87. The topological polar surface area (TPSA) is 18.5 Å². The van der Waals surface area contributed by atoms with Crippen molar-refractivity contribution >= 4 is 8.56 Å². The van der Waals surface area contributed by atoms with E-state index in [1.54, 1.807) is 14.2 Å². The van der Waals surface area contributed by atoms with Crippen LogP contribution in [0.1, 0.15) is 31.2 Å². The molecule has 0 aliphatic rings. The Morgan fingerprint density at radius 1 is 0.947 bits per heavy atom. The van der Waals surface area contributed by atoms with Gasteiger partial charge in [-0.2, -0.15) is 0 Å². The summed E-state index contributed by atoms with van der Waals surface area (Å²) in [7, 11) is 1.61. The molecule has 0 radical (unpaired) electrons. The van der Waals surface area contributed by atoms with Crippen molar-refractivity contribution in [2.75, 3.05) is 14.2 Å². The third-order valence-electron chi connectivity index (χ3n) is 3.62. The lowest BCUT2D eigenvalue weighted by molar-refractivity contribution is 0.248. The van der Waals surface area contributed by atoms with E-state index in [2.05, 4.69) is 6.55 Å². The molecular formula is C15H25FO2Si. The molecule has 0 N–H and O–H groups in total. The predicted octanol–water partition coefficient (Wildman–Crippen LogP) is 4.29. The number of benzene rings is 1. The Labute approximate surface area is 117 Å². The van der Waals surface area contributed by atoms with Gasteiger partial charge >= 0.3 is 8.56 Å². The Kier molecular flexibility index (Phi) is 7.27. The Hall–Kier alpha value is -0.713. The first kappa shape index (κ1) is 16.3. The first-order chi connectivity index (χ1) is 9.09. The quantitative estimate of drug-likeness (QED) is 0.497. The summed E-state index contributed by atoms with van der Waals surface area (Å²) in [4.78, 5) is 0. The molecule has 0 aromatic heterocycles. The molecule has 0 unspecified atom stereocenters. The van der Waals surface area contributed by atoms with Crippen LogP contribution in [0.25, 0.3) is 0 Å². The minimum Gasteiger partial charge on any atom is -0.398 e. The molecule has 0 aliphatic carbocycles. The molecule has 1 aromatic carbocycles. The van der Waals surface area contributed by atoms with Crippen molar-refractivity contribution in [3.05, 3.63) is 35.6 Å².